The summed E-state index contributed by atoms with van der Waals surface area (Å²) in [6, 6.07) is 3.74. The van der Waals surface area contributed by atoms with Gasteiger partial charge in [-0.2, -0.15) is 0 Å². The zero-order valence-corrected chi connectivity index (χ0v) is 7.17. The van der Waals surface area contributed by atoms with Gasteiger partial charge >= 0.3 is 0 Å². The van der Waals surface area contributed by atoms with Crippen molar-refractivity contribution in [2.24, 2.45) is 5.73 Å². The zero-order valence-electron chi connectivity index (χ0n) is 6.36. The molecule has 0 unspecified atom stereocenters. The van der Waals surface area contributed by atoms with E-state index in [-0.39, 0.29) is 12.4 Å². The monoisotopic (exact) mass is 184 g/mol. The van der Waals surface area contributed by atoms with Gasteiger partial charge in [0.1, 0.15) is 6.61 Å². The number of rotatable bonds is 0. The molecule has 0 radical (unpaired) electrons. The average molecular weight is 185 g/mol. The molecular formula is C8H9ClN2O. The summed E-state index contributed by atoms with van der Waals surface area (Å²) in [6.45, 7) is 0.524. The second kappa shape index (κ2) is 3.45. The lowest BCUT2D eigenvalue weighted by molar-refractivity contribution is 0.342. The van der Waals surface area contributed by atoms with Crippen LogP contribution < -0.4 is 10.5 Å². The Labute approximate surface area is 76.7 Å². The minimum Gasteiger partial charge on any atom is -0.473 e. The number of ether oxygens (including phenoxy) is 1. The number of fused-ring (bicyclic) bond motifs is 1. The normalized spacial score (nSPS) is 13.5. The summed E-state index contributed by atoms with van der Waals surface area (Å²) in [5, 5.41) is 0. The summed E-state index contributed by atoms with van der Waals surface area (Å²) in [7, 11) is 0. The van der Waals surface area contributed by atoms with Crippen molar-refractivity contribution in [3.8, 4) is 5.88 Å². The summed E-state index contributed by atoms with van der Waals surface area (Å²) in [4.78, 5) is 4.03. The molecule has 1 aromatic rings. The van der Waals surface area contributed by atoms with Crippen LogP contribution in [0.4, 0.5) is 0 Å². The highest BCUT2D eigenvalue weighted by molar-refractivity contribution is 5.85. The van der Waals surface area contributed by atoms with E-state index in [4.69, 9.17) is 10.5 Å². The van der Waals surface area contributed by atoms with Crippen LogP contribution >= 0.6 is 12.4 Å². The summed E-state index contributed by atoms with van der Waals surface area (Å²) in [6.07, 6.45) is 3.53. The molecular weight excluding hydrogens is 176 g/mol. The van der Waals surface area contributed by atoms with Crippen molar-refractivity contribution in [2.75, 3.05) is 6.61 Å². The first-order chi connectivity index (χ1) is 5.38. The second-order valence-corrected chi connectivity index (χ2v) is 2.33. The summed E-state index contributed by atoms with van der Waals surface area (Å²) in [5.74, 6) is 0.632. The Morgan fingerprint density at radius 1 is 1.50 bits per heavy atom. The number of pyridine rings is 1. The van der Waals surface area contributed by atoms with Gasteiger partial charge in [0.2, 0.25) is 5.88 Å². The van der Waals surface area contributed by atoms with Crippen LogP contribution in [0.25, 0.3) is 5.70 Å². The highest BCUT2D eigenvalue weighted by Crippen LogP contribution is 2.22. The molecule has 0 aromatic carbocycles. The van der Waals surface area contributed by atoms with Crippen molar-refractivity contribution in [3.63, 3.8) is 0 Å². The molecule has 0 spiro atoms. The van der Waals surface area contributed by atoms with Crippen molar-refractivity contribution >= 4 is 18.1 Å². The van der Waals surface area contributed by atoms with Crippen LogP contribution in [0.3, 0.4) is 0 Å². The molecule has 0 saturated carbocycles. The van der Waals surface area contributed by atoms with Crippen LogP contribution in [0, 0.1) is 0 Å². The van der Waals surface area contributed by atoms with Crippen LogP contribution in [0.1, 0.15) is 5.56 Å². The van der Waals surface area contributed by atoms with Crippen LogP contribution in [-0.2, 0) is 0 Å². The van der Waals surface area contributed by atoms with E-state index in [1.165, 1.54) is 0 Å². The van der Waals surface area contributed by atoms with Gasteiger partial charge in [0.15, 0.2) is 0 Å². The quantitative estimate of drug-likeness (QED) is 0.659. The van der Waals surface area contributed by atoms with Gasteiger partial charge in [0.25, 0.3) is 0 Å². The molecule has 0 fully saturated rings. The third-order valence-electron chi connectivity index (χ3n) is 1.61. The Kier molecular flexibility index (Phi) is 2.55. The number of nitrogens with two attached hydrogens (primary N) is 1. The van der Waals surface area contributed by atoms with Gasteiger partial charge in [-0.05, 0) is 18.2 Å². The van der Waals surface area contributed by atoms with Crippen molar-refractivity contribution in [3.05, 3.63) is 30.0 Å². The molecule has 1 aliphatic heterocycles. The van der Waals surface area contributed by atoms with E-state index in [2.05, 4.69) is 4.98 Å². The summed E-state index contributed by atoms with van der Waals surface area (Å²) >= 11 is 0. The van der Waals surface area contributed by atoms with Crippen LogP contribution in [0.2, 0.25) is 0 Å². The van der Waals surface area contributed by atoms with Gasteiger partial charge in [-0.15, -0.1) is 12.4 Å². The van der Waals surface area contributed by atoms with E-state index in [0.717, 1.165) is 11.3 Å². The van der Waals surface area contributed by atoms with Gasteiger partial charge in [0.05, 0.1) is 5.56 Å². The lowest BCUT2D eigenvalue weighted by atomic mass is 10.2. The predicted molar refractivity (Wildman–Crippen MR) is 49.1 cm³/mol. The fourth-order valence-corrected chi connectivity index (χ4v) is 1.05. The maximum absolute atomic E-state index is 5.69. The predicted octanol–water partition coefficient (Wildman–Crippen LogP) is 1.20. The number of halogens is 1. The lowest BCUT2D eigenvalue weighted by Gasteiger charge is -2.13. The molecule has 1 aliphatic rings. The topological polar surface area (TPSA) is 48.1 Å². The molecule has 1 aromatic heterocycles. The summed E-state index contributed by atoms with van der Waals surface area (Å²) < 4.78 is 5.23. The number of nitrogens with zero attached hydrogens (tertiary/aromatic N) is 1. The van der Waals surface area contributed by atoms with Gasteiger partial charge in [-0.25, -0.2) is 4.98 Å². The van der Waals surface area contributed by atoms with Crippen molar-refractivity contribution < 1.29 is 4.74 Å². The average Bonchev–Trinajstić information content (AvgIpc) is 2.06. The van der Waals surface area contributed by atoms with Gasteiger partial charge in [-0.3, -0.25) is 0 Å². The number of aromatic nitrogens is 1. The molecule has 4 heteroatoms. The third kappa shape index (κ3) is 1.36. The van der Waals surface area contributed by atoms with Crippen LogP contribution in [0.15, 0.2) is 24.4 Å². The first-order valence-electron chi connectivity index (χ1n) is 3.42. The minimum absolute atomic E-state index is 0. The smallest absolute Gasteiger partial charge is 0.223 e. The standard InChI is InChI=1S/C8H8N2O.ClH/c9-7-3-5-11-8-6(7)2-1-4-10-8;/h1-4H,5,9H2;1H. The molecule has 0 amide bonds. The molecule has 0 atom stereocenters. The maximum atomic E-state index is 5.69. The van der Waals surface area contributed by atoms with Crippen molar-refractivity contribution in [2.45, 2.75) is 0 Å². The van der Waals surface area contributed by atoms with Crippen LogP contribution in [0.5, 0.6) is 5.88 Å². The Morgan fingerprint density at radius 3 is 3.08 bits per heavy atom. The van der Waals surface area contributed by atoms with Gasteiger partial charge in [0, 0.05) is 11.9 Å². The molecule has 0 aliphatic carbocycles. The third-order valence-corrected chi connectivity index (χ3v) is 1.61. The first kappa shape index (κ1) is 8.87. The Bertz CT molecular complexity index is 312. The summed E-state index contributed by atoms with van der Waals surface area (Å²) in [5.41, 5.74) is 7.32. The molecule has 2 N–H and O–H groups in total. The maximum Gasteiger partial charge on any atom is 0.223 e. The minimum atomic E-state index is 0. The second-order valence-electron chi connectivity index (χ2n) is 2.33. The van der Waals surface area contributed by atoms with E-state index in [9.17, 15) is 0 Å². The van der Waals surface area contributed by atoms with Gasteiger partial charge < -0.3 is 10.5 Å². The molecule has 2 heterocycles. The van der Waals surface area contributed by atoms with Gasteiger partial charge in [-0.1, -0.05) is 0 Å². The van der Waals surface area contributed by atoms with Crippen LogP contribution in [-0.4, -0.2) is 11.6 Å². The van der Waals surface area contributed by atoms with E-state index in [1.807, 2.05) is 18.2 Å². The van der Waals surface area contributed by atoms with E-state index >= 15 is 0 Å². The Balaban J connectivity index is 0.000000720. The Morgan fingerprint density at radius 2 is 2.33 bits per heavy atom. The molecule has 0 bridgehead atoms. The SMILES string of the molecule is Cl.NC1=CCOc2ncccc21. The lowest BCUT2D eigenvalue weighted by Crippen LogP contribution is -2.10. The highest BCUT2D eigenvalue weighted by atomic mass is 35.5. The fraction of sp³-hybridized carbons (Fsp3) is 0.125. The number of hydrogen-bond donors (Lipinski definition) is 1. The largest absolute Gasteiger partial charge is 0.473 e. The Hall–Kier alpha value is -1.22. The van der Waals surface area contributed by atoms with E-state index in [0.29, 0.717) is 12.5 Å². The van der Waals surface area contributed by atoms with Crippen molar-refractivity contribution in [1.82, 2.24) is 4.98 Å². The molecule has 12 heavy (non-hydrogen) atoms. The zero-order chi connectivity index (χ0) is 7.68. The van der Waals surface area contributed by atoms with E-state index < -0.39 is 0 Å². The molecule has 3 nitrogen and oxygen atoms in total. The molecule has 64 valence electrons. The highest BCUT2D eigenvalue weighted by Gasteiger charge is 2.10. The number of hydrogen-bond acceptors (Lipinski definition) is 3. The molecule has 2 rings (SSSR count). The molecule has 0 saturated heterocycles. The van der Waals surface area contributed by atoms with E-state index in [1.54, 1.807) is 6.20 Å². The van der Waals surface area contributed by atoms with Crippen molar-refractivity contribution in [1.29, 1.82) is 0 Å². The first-order valence-corrected chi connectivity index (χ1v) is 3.42. The fourth-order valence-electron chi connectivity index (χ4n) is 1.05.